The number of benzene rings is 1. The Bertz CT molecular complexity index is 769. The number of nitrogens with zero attached hydrogens (tertiary/aromatic N) is 4. The third-order valence-electron chi connectivity index (χ3n) is 3.04. The fourth-order valence-electron chi connectivity index (χ4n) is 2.04. The van der Waals surface area contributed by atoms with Crippen molar-refractivity contribution in [1.29, 1.82) is 0 Å². The molecule has 2 N–H and O–H groups in total. The Labute approximate surface area is 114 Å². The molecule has 1 aromatic carbocycles. The van der Waals surface area contributed by atoms with Gasteiger partial charge in [-0.2, -0.15) is 9.89 Å². The molecule has 7 heteroatoms. The van der Waals surface area contributed by atoms with Crippen LogP contribution in [0.15, 0.2) is 30.7 Å². The van der Waals surface area contributed by atoms with E-state index in [1.165, 1.54) is 11.1 Å². The van der Waals surface area contributed by atoms with Crippen LogP contribution in [0.1, 0.15) is 0 Å². The predicted octanol–water partition coefficient (Wildman–Crippen LogP) is 1.22. The second kappa shape index (κ2) is 4.69. The zero-order chi connectivity index (χ0) is 14.1. The van der Waals surface area contributed by atoms with Crippen molar-refractivity contribution in [3.63, 3.8) is 0 Å². The maximum absolute atomic E-state index is 5.74. The molecule has 0 saturated heterocycles. The highest BCUT2D eigenvalue weighted by atomic mass is 16.5. The number of aromatic nitrogens is 4. The maximum Gasteiger partial charge on any atom is 0.216 e. The lowest BCUT2D eigenvalue weighted by atomic mass is 10.1. The minimum Gasteiger partial charge on any atom is -0.496 e. The Hall–Kier alpha value is -2.83. The summed E-state index contributed by atoms with van der Waals surface area (Å²) in [6.07, 6.45) is 3.14. The lowest BCUT2D eigenvalue weighted by molar-refractivity contribution is 0.397. The Morgan fingerprint density at radius 3 is 2.70 bits per heavy atom. The largest absolute Gasteiger partial charge is 0.496 e. The molecule has 0 amide bonds. The van der Waals surface area contributed by atoms with E-state index in [0.29, 0.717) is 17.3 Å². The van der Waals surface area contributed by atoms with Crippen molar-refractivity contribution in [2.24, 2.45) is 0 Å². The van der Waals surface area contributed by atoms with E-state index >= 15 is 0 Å². The lowest BCUT2D eigenvalue weighted by Gasteiger charge is -2.09. The number of nitrogens with two attached hydrogens (primary N) is 1. The highest BCUT2D eigenvalue weighted by Gasteiger charge is 2.12. The highest BCUT2D eigenvalue weighted by molar-refractivity contribution is 5.87. The van der Waals surface area contributed by atoms with Gasteiger partial charge in [-0.1, -0.05) is 0 Å². The predicted molar refractivity (Wildman–Crippen MR) is 74.0 cm³/mol. The average Bonchev–Trinajstić information content (AvgIpc) is 2.86. The van der Waals surface area contributed by atoms with Crippen molar-refractivity contribution >= 4 is 10.9 Å². The van der Waals surface area contributed by atoms with Gasteiger partial charge in [0, 0.05) is 23.1 Å². The van der Waals surface area contributed by atoms with E-state index in [4.69, 9.17) is 15.3 Å². The summed E-state index contributed by atoms with van der Waals surface area (Å²) < 4.78 is 10.5. The van der Waals surface area contributed by atoms with Crippen LogP contribution in [0.4, 0.5) is 0 Å². The van der Waals surface area contributed by atoms with Gasteiger partial charge >= 0.3 is 0 Å². The summed E-state index contributed by atoms with van der Waals surface area (Å²) in [5.41, 5.74) is 2.32. The monoisotopic (exact) mass is 271 g/mol. The molecule has 0 aliphatic carbocycles. The average molecular weight is 271 g/mol. The van der Waals surface area contributed by atoms with Crippen LogP contribution in [0.3, 0.4) is 0 Å². The molecule has 2 heterocycles. The minimum absolute atomic E-state index is 0.492. The quantitative estimate of drug-likeness (QED) is 0.721. The van der Waals surface area contributed by atoms with Crippen molar-refractivity contribution in [3.05, 3.63) is 30.7 Å². The zero-order valence-electron chi connectivity index (χ0n) is 11.1. The van der Waals surface area contributed by atoms with Crippen LogP contribution < -0.4 is 15.3 Å². The SMILES string of the molecule is COc1cc(-c2cc3cnn(N)c3cc2OC)ncn1. The highest BCUT2D eigenvalue weighted by Crippen LogP contribution is 2.33. The second-order valence-corrected chi connectivity index (χ2v) is 4.15. The molecule has 3 rings (SSSR count). The van der Waals surface area contributed by atoms with E-state index in [2.05, 4.69) is 15.1 Å². The summed E-state index contributed by atoms with van der Waals surface area (Å²) >= 11 is 0. The molecular weight excluding hydrogens is 258 g/mol. The summed E-state index contributed by atoms with van der Waals surface area (Å²) in [7, 11) is 3.16. The second-order valence-electron chi connectivity index (χ2n) is 4.15. The van der Waals surface area contributed by atoms with E-state index in [-0.39, 0.29) is 0 Å². The number of hydrogen-bond donors (Lipinski definition) is 1. The molecule has 0 aliphatic heterocycles. The summed E-state index contributed by atoms with van der Waals surface area (Å²) in [4.78, 5) is 9.55. The Kier molecular flexibility index (Phi) is 2.86. The molecular formula is C13H13N5O2. The zero-order valence-corrected chi connectivity index (χ0v) is 11.1. The molecule has 7 nitrogen and oxygen atoms in total. The van der Waals surface area contributed by atoms with Crippen LogP contribution in [0.25, 0.3) is 22.2 Å². The van der Waals surface area contributed by atoms with Gasteiger partial charge in [-0.05, 0) is 6.07 Å². The molecule has 20 heavy (non-hydrogen) atoms. The van der Waals surface area contributed by atoms with Crippen LogP contribution >= 0.6 is 0 Å². The number of ether oxygens (including phenoxy) is 2. The molecule has 102 valence electrons. The van der Waals surface area contributed by atoms with Crippen LogP contribution in [-0.2, 0) is 0 Å². The van der Waals surface area contributed by atoms with Crippen LogP contribution in [-0.4, -0.2) is 34.1 Å². The van der Waals surface area contributed by atoms with Gasteiger partial charge < -0.3 is 15.3 Å². The van der Waals surface area contributed by atoms with Gasteiger partial charge in [-0.25, -0.2) is 9.97 Å². The normalized spacial score (nSPS) is 10.7. The van der Waals surface area contributed by atoms with Crippen molar-refractivity contribution in [2.45, 2.75) is 0 Å². The first kappa shape index (κ1) is 12.2. The summed E-state index contributed by atoms with van der Waals surface area (Å²) in [5, 5.41) is 4.92. The Morgan fingerprint density at radius 1 is 1.10 bits per heavy atom. The van der Waals surface area contributed by atoms with Gasteiger partial charge in [0.1, 0.15) is 12.1 Å². The van der Waals surface area contributed by atoms with Crippen molar-refractivity contribution in [1.82, 2.24) is 19.9 Å². The topological polar surface area (TPSA) is 88.1 Å². The van der Waals surface area contributed by atoms with Crippen molar-refractivity contribution < 1.29 is 9.47 Å². The molecule has 2 aromatic heterocycles. The molecule has 0 saturated carbocycles. The van der Waals surface area contributed by atoms with E-state index in [1.54, 1.807) is 26.5 Å². The lowest BCUT2D eigenvalue weighted by Crippen LogP contribution is -2.09. The van der Waals surface area contributed by atoms with Gasteiger partial charge in [0.25, 0.3) is 0 Å². The van der Waals surface area contributed by atoms with E-state index in [1.807, 2.05) is 12.1 Å². The first-order chi connectivity index (χ1) is 9.72. The molecule has 0 radical (unpaired) electrons. The first-order valence-electron chi connectivity index (χ1n) is 5.90. The van der Waals surface area contributed by atoms with Gasteiger partial charge in [-0.15, -0.1) is 0 Å². The number of rotatable bonds is 3. The molecule has 0 atom stereocenters. The number of hydrogen-bond acceptors (Lipinski definition) is 6. The van der Waals surface area contributed by atoms with Gasteiger partial charge in [0.2, 0.25) is 5.88 Å². The third-order valence-corrected chi connectivity index (χ3v) is 3.04. The van der Waals surface area contributed by atoms with Crippen molar-refractivity contribution in [3.8, 4) is 22.9 Å². The smallest absolute Gasteiger partial charge is 0.216 e. The summed E-state index contributed by atoms with van der Waals surface area (Å²) in [6.45, 7) is 0. The van der Waals surface area contributed by atoms with Crippen LogP contribution in [0.5, 0.6) is 11.6 Å². The molecule has 0 fully saturated rings. The summed E-state index contributed by atoms with van der Waals surface area (Å²) in [5.74, 6) is 6.89. The van der Waals surface area contributed by atoms with E-state index in [0.717, 1.165) is 16.5 Å². The Morgan fingerprint density at radius 2 is 1.95 bits per heavy atom. The maximum atomic E-state index is 5.74. The fraction of sp³-hybridized carbons (Fsp3) is 0.154. The minimum atomic E-state index is 0.492. The first-order valence-corrected chi connectivity index (χ1v) is 5.90. The third kappa shape index (κ3) is 1.89. The van der Waals surface area contributed by atoms with Gasteiger partial charge in [0.05, 0.1) is 31.6 Å². The molecule has 0 spiro atoms. The van der Waals surface area contributed by atoms with Crippen LogP contribution in [0, 0.1) is 0 Å². The van der Waals surface area contributed by atoms with Gasteiger partial charge in [0.15, 0.2) is 0 Å². The molecule has 3 aromatic rings. The van der Waals surface area contributed by atoms with Crippen LogP contribution in [0.2, 0.25) is 0 Å². The van der Waals surface area contributed by atoms with E-state index in [9.17, 15) is 0 Å². The number of nitrogen functional groups attached to an aromatic ring is 1. The molecule has 0 unspecified atom stereocenters. The number of methoxy groups -OCH3 is 2. The Balaban J connectivity index is 2.23. The summed E-state index contributed by atoms with van der Waals surface area (Å²) in [6, 6.07) is 5.50. The number of fused-ring (bicyclic) bond motifs is 1. The molecule has 0 bridgehead atoms. The standard InChI is InChI=1S/C13H13N5O2/c1-19-12-5-11-8(6-17-18(11)14)3-9(12)10-4-13(20-2)16-7-15-10/h3-7H,14H2,1-2H3. The van der Waals surface area contributed by atoms with Gasteiger partial charge in [-0.3, -0.25) is 0 Å². The fourth-order valence-corrected chi connectivity index (χ4v) is 2.04. The van der Waals surface area contributed by atoms with E-state index < -0.39 is 0 Å². The molecule has 0 aliphatic rings. The van der Waals surface area contributed by atoms with Crippen molar-refractivity contribution in [2.75, 3.05) is 20.1 Å².